The van der Waals surface area contributed by atoms with Crippen LogP contribution in [0.3, 0.4) is 0 Å². The predicted octanol–water partition coefficient (Wildman–Crippen LogP) is 2.18. The topological polar surface area (TPSA) is 81.1 Å². The smallest absolute Gasteiger partial charge is 0.243 e. The van der Waals surface area contributed by atoms with Crippen molar-refractivity contribution >= 4 is 21.6 Å². The van der Waals surface area contributed by atoms with Crippen molar-refractivity contribution in [3.8, 4) is 0 Å². The molecule has 0 spiro atoms. The maximum absolute atomic E-state index is 12.2. The standard InChI is InChI=1S/C17H21N3O3S/c1-12(24(2,22)23)17(21)19-16-10-11-18-20(16)15-9-5-7-13-6-3-4-8-14(13)15/h3-4,6,8,10-12,15H,5,7,9H2,1-2H3,(H,19,21)/t12-,15-/m1/s1. The van der Waals surface area contributed by atoms with E-state index >= 15 is 0 Å². The van der Waals surface area contributed by atoms with Crippen LogP contribution in [0.25, 0.3) is 0 Å². The van der Waals surface area contributed by atoms with Crippen LogP contribution in [-0.4, -0.2) is 35.6 Å². The van der Waals surface area contributed by atoms with Gasteiger partial charge >= 0.3 is 0 Å². The third-order valence-corrected chi connectivity index (χ3v) is 6.06. The number of hydrogen-bond donors (Lipinski definition) is 1. The van der Waals surface area contributed by atoms with Crippen molar-refractivity contribution in [1.82, 2.24) is 9.78 Å². The number of amides is 1. The second kappa shape index (κ2) is 6.39. The average Bonchev–Trinajstić information content (AvgIpc) is 3.00. The lowest BCUT2D eigenvalue weighted by Gasteiger charge is -2.27. The second-order valence-electron chi connectivity index (χ2n) is 6.23. The fourth-order valence-corrected chi connectivity index (χ4v) is 3.51. The summed E-state index contributed by atoms with van der Waals surface area (Å²) >= 11 is 0. The highest BCUT2D eigenvalue weighted by atomic mass is 32.2. The average molecular weight is 347 g/mol. The summed E-state index contributed by atoms with van der Waals surface area (Å²) in [5.74, 6) is -0.0134. The van der Waals surface area contributed by atoms with E-state index < -0.39 is 21.0 Å². The Bertz CT molecular complexity index is 857. The van der Waals surface area contributed by atoms with Gasteiger partial charge < -0.3 is 5.32 Å². The summed E-state index contributed by atoms with van der Waals surface area (Å²) in [6, 6.07) is 9.99. The summed E-state index contributed by atoms with van der Waals surface area (Å²) in [6.07, 6.45) is 5.71. The van der Waals surface area contributed by atoms with Gasteiger partial charge in [0, 0.05) is 12.3 Å². The molecule has 0 unspecified atom stereocenters. The van der Waals surface area contributed by atoms with E-state index in [1.807, 2.05) is 12.1 Å². The Morgan fingerprint density at radius 1 is 1.33 bits per heavy atom. The van der Waals surface area contributed by atoms with E-state index in [0.29, 0.717) is 5.82 Å². The highest BCUT2D eigenvalue weighted by Gasteiger charge is 2.27. The van der Waals surface area contributed by atoms with Gasteiger partial charge in [-0.15, -0.1) is 0 Å². The zero-order valence-corrected chi connectivity index (χ0v) is 14.6. The van der Waals surface area contributed by atoms with Crippen molar-refractivity contribution in [2.75, 3.05) is 11.6 Å². The third-order valence-electron chi connectivity index (χ3n) is 4.57. The van der Waals surface area contributed by atoms with Crippen LogP contribution in [0.5, 0.6) is 0 Å². The van der Waals surface area contributed by atoms with Gasteiger partial charge in [-0.1, -0.05) is 24.3 Å². The first-order chi connectivity index (χ1) is 11.4. The van der Waals surface area contributed by atoms with Gasteiger partial charge in [-0.25, -0.2) is 13.1 Å². The maximum Gasteiger partial charge on any atom is 0.243 e. The summed E-state index contributed by atoms with van der Waals surface area (Å²) in [5.41, 5.74) is 2.50. The minimum Gasteiger partial charge on any atom is -0.310 e. The van der Waals surface area contributed by atoms with Crippen LogP contribution in [0.4, 0.5) is 5.82 Å². The van der Waals surface area contributed by atoms with Gasteiger partial charge in [0.1, 0.15) is 11.1 Å². The van der Waals surface area contributed by atoms with Crippen molar-refractivity contribution in [3.05, 3.63) is 47.7 Å². The van der Waals surface area contributed by atoms with Crippen molar-refractivity contribution < 1.29 is 13.2 Å². The molecule has 1 N–H and O–H groups in total. The number of aryl methyl sites for hydroxylation is 1. The van der Waals surface area contributed by atoms with Crippen LogP contribution in [0.2, 0.25) is 0 Å². The molecule has 0 aliphatic heterocycles. The number of sulfone groups is 1. The summed E-state index contributed by atoms with van der Waals surface area (Å²) < 4.78 is 24.9. The number of anilines is 1. The molecule has 0 bridgehead atoms. The van der Waals surface area contributed by atoms with Crippen molar-refractivity contribution in [2.24, 2.45) is 0 Å². The minimum absolute atomic E-state index is 0.0498. The summed E-state index contributed by atoms with van der Waals surface area (Å²) in [7, 11) is -3.43. The van der Waals surface area contributed by atoms with Gasteiger partial charge in [0.2, 0.25) is 5.91 Å². The lowest BCUT2D eigenvalue weighted by molar-refractivity contribution is -0.115. The molecule has 1 aromatic heterocycles. The third kappa shape index (κ3) is 3.21. The highest BCUT2D eigenvalue weighted by molar-refractivity contribution is 7.92. The lowest BCUT2D eigenvalue weighted by atomic mass is 9.88. The molecule has 3 rings (SSSR count). The van der Waals surface area contributed by atoms with Gasteiger partial charge in [-0.3, -0.25) is 4.79 Å². The fourth-order valence-electron chi connectivity index (χ4n) is 3.07. The Balaban J connectivity index is 1.88. The number of aromatic nitrogens is 2. The number of benzene rings is 1. The molecule has 1 aliphatic carbocycles. The van der Waals surface area contributed by atoms with Gasteiger partial charge in [-0.05, 0) is 37.3 Å². The number of carbonyl (C=O) groups is 1. The number of hydrogen-bond acceptors (Lipinski definition) is 4. The summed E-state index contributed by atoms with van der Waals surface area (Å²) in [5, 5.41) is 5.98. The first kappa shape index (κ1) is 16.7. The largest absolute Gasteiger partial charge is 0.310 e. The predicted molar refractivity (Wildman–Crippen MR) is 92.7 cm³/mol. The number of fused-ring (bicyclic) bond motifs is 1. The number of nitrogens with zero attached hydrogens (tertiary/aromatic N) is 2. The second-order valence-corrected chi connectivity index (χ2v) is 8.60. The Kier molecular flexibility index (Phi) is 4.45. The SMILES string of the molecule is C[C@H](C(=O)Nc1ccnn1[C@@H]1CCCc2ccccc21)S(C)(=O)=O. The van der Waals surface area contributed by atoms with Gasteiger partial charge in [-0.2, -0.15) is 5.10 Å². The first-order valence-corrected chi connectivity index (χ1v) is 9.94. The Morgan fingerprint density at radius 3 is 2.83 bits per heavy atom. The highest BCUT2D eigenvalue weighted by Crippen LogP contribution is 2.34. The van der Waals surface area contributed by atoms with Crippen LogP contribution < -0.4 is 5.32 Å². The van der Waals surface area contributed by atoms with E-state index in [-0.39, 0.29) is 6.04 Å². The number of carbonyl (C=O) groups excluding carboxylic acids is 1. The molecule has 0 fully saturated rings. The van der Waals surface area contributed by atoms with E-state index in [9.17, 15) is 13.2 Å². The Morgan fingerprint density at radius 2 is 2.08 bits per heavy atom. The van der Waals surface area contributed by atoms with Crippen molar-refractivity contribution in [1.29, 1.82) is 0 Å². The normalized spacial score (nSPS) is 18.7. The number of rotatable bonds is 4. The molecule has 1 heterocycles. The molecule has 0 radical (unpaired) electrons. The Hall–Kier alpha value is -2.15. The van der Waals surface area contributed by atoms with E-state index in [4.69, 9.17) is 0 Å². The zero-order chi connectivity index (χ0) is 17.3. The molecular weight excluding hydrogens is 326 g/mol. The van der Waals surface area contributed by atoms with Gasteiger partial charge in [0.25, 0.3) is 0 Å². The molecule has 6 nitrogen and oxygen atoms in total. The molecule has 7 heteroatoms. The van der Waals surface area contributed by atoms with E-state index in [1.165, 1.54) is 18.1 Å². The van der Waals surface area contributed by atoms with Crippen molar-refractivity contribution in [3.63, 3.8) is 0 Å². The molecule has 1 aliphatic rings. The van der Waals surface area contributed by atoms with Gasteiger partial charge in [0.05, 0.1) is 12.2 Å². The van der Waals surface area contributed by atoms with Crippen LogP contribution in [-0.2, 0) is 21.1 Å². The van der Waals surface area contributed by atoms with E-state index in [0.717, 1.165) is 25.5 Å². The monoisotopic (exact) mass is 347 g/mol. The van der Waals surface area contributed by atoms with Crippen molar-refractivity contribution in [2.45, 2.75) is 37.5 Å². The minimum atomic E-state index is -3.43. The molecule has 24 heavy (non-hydrogen) atoms. The summed E-state index contributed by atoms with van der Waals surface area (Å²) in [4.78, 5) is 12.2. The Labute approximate surface area is 141 Å². The van der Waals surface area contributed by atoms with E-state index in [1.54, 1.807) is 16.9 Å². The molecular formula is C17H21N3O3S. The maximum atomic E-state index is 12.2. The summed E-state index contributed by atoms with van der Waals surface area (Å²) in [6.45, 7) is 1.39. The lowest BCUT2D eigenvalue weighted by Crippen LogP contribution is -2.33. The molecule has 0 saturated carbocycles. The quantitative estimate of drug-likeness (QED) is 0.919. The van der Waals surface area contributed by atoms with Crippen LogP contribution >= 0.6 is 0 Å². The zero-order valence-electron chi connectivity index (χ0n) is 13.8. The first-order valence-electron chi connectivity index (χ1n) is 7.99. The van der Waals surface area contributed by atoms with Crippen LogP contribution in [0, 0.1) is 0 Å². The van der Waals surface area contributed by atoms with Gasteiger partial charge in [0.15, 0.2) is 9.84 Å². The molecule has 2 aromatic rings. The van der Waals surface area contributed by atoms with Crippen LogP contribution in [0.15, 0.2) is 36.5 Å². The fraction of sp³-hybridized carbons (Fsp3) is 0.412. The van der Waals surface area contributed by atoms with E-state index in [2.05, 4.69) is 22.5 Å². The van der Waals surface area contributed by atoms with Crippen LogP contribution in [0.1, 0.15) is 36.9 Å². The molecule has 1 aromatic carbocycles. The molecule has 128 valence electrons. The molecule has 0 saturated heterocycles. The molecule has 2 atom stereocenters. The molecule has 1 amide bonds. The number of nitrogens with one attached hydrogen (secondary N) is 1.